The summed E-state index contributed by atoms with van der Waals surface area (Å²) in [5.74, 6) is -0.339. The van der Waals surface area contributed by atoms with Crippen molar-refractivity contribution in [1.29, 1.82) is 0 Å². The highest BCUT2D eigenvalue weighted by Crippen LogP contribution is 2.38. The number of fused-ring (bicyclic) bond motifs is 1. The molecule has 5 N–H and O–H groups in total. The number of hydrogen-bond donors (Lipinski definition) is 5. The fourth-order valence-corrected chi connectivity index (χ4v) is 3.67. The number of carbonyl (C=O) groups excluding carboxylic acids is 1. The van der Waals surface area contributed by atoms with Crippen LogP contribution in [0.1, 0.15) is 12.5 Å². The second kappa shape index (κ2) is 9.67. The van der Waals surface area contributed by atoms with E-state index in [1.54, 1.807) is 6.07 Å². The second-order valence-corrected chi connectivity index (χ2v) is 7.35. The number of phenolic OH excluding ortho intramolecular Hbond substituents is 1. The molecule has 0 unspecified atom stereocenters. The van der Waals surface area contributed by atoms with Crippen LogP contribution in [-0.4, -0.2) is 83.4 Å². The molecule has 6 atom stereocenters. The van der Waals surface area contributed by atoms with Gasteiger partial charge < -0.3 is 44.7 Å². The third-order valence-corrected chi connectivity index (χ3v) is 5.27. The van der Waals surface area contributed by atoms with Crippen LogP contribution in [-0.2, 0) is 14.3 Å². The number of phenols is 1. The molecule has 0 bridgehead atoms. The Kier molecular flexibility index (Phi) is 7.19. The number of carbonyl (C=O) groups is 1. The van der Waals surface area contributed by atoms with Crippen molar-refractivity contribution in [3.63, 3.8) is 0 Å². The van der Waals surface area contributed by atoms with E-state index in [4.69, 9.17) is 18.9 Å². The van der Waals surface area contributed by atoms with Crippen molar-refractivity contribution in [1.82, 2.24) is 5.32 Å². The fraction of sp³-hybridized carbons (Fsp3) is 0.476. The Labute approximate surface area is 179 Å². The van der Waals surface area contributed by atoms with Crippen LogP contribution in [0.2, 0.25) is 0 Å². The highest BCUT2D eigenvalue weighted by Gasteiger charge is 2.53. The van der Waals surface area contributed by atoms with Gasteiger partial charge in [0.05, 0.1) is 13.2 Å². The molecule has 1 amide bonds. The van der Waals surface area contributed by atoms with Gasteiger partial charge in [0.25, 0.3) is 0 Å². The molecule has 1 aromatic carbocycles. The molecule has 1 saturated heterocycles. The maximum Gasteiger partial charge on any atom is 0.247 e. The highest BCUT2D eigenvalue weighted by molar-refractivity contribution is 5.97. The van der Waals surface area contributed by atoms with E-state index in [2.05, 4.69) is 11.9 Å². The summed E-state index contributed by atoms with van der Waals surface area (Å²) in [7, 11) is 1.42. The molecule has 170 valence electrons. The van der Waals surface area contributed by atoms with Crippen LogP contribution in [0.15, 0.2) is 30.4 Å². The lowest BCUT2D eigenvalue weighted by atomic mass is 9.83. The average molecular weight is 437 g/mol. The molecule has 2 aliphatic rings. The summed E-state index contributed by atoms with van der Waals surface area (Å²) >= 11 is 0. The molecular weight excluding hydrogens is 410 g/mol. The maximum atomic E-state index is 12.7. The van der Waals surface area contributed by atoms with Crippen molar-refractivity contribution < 1.29 is 44.2 Å². The molecular formula is C21H27NO9. The van der Waals surface area contributed by atoms with Gasteiger partial charge in [0.2, 0.25) is 11.7 Å². The van der Waals surface area contributed by atoms with Gasteiger partial charge in [0.1, 0.15) is 43.9 Å². The number of aliphatic hydroxyl groups is 3. The van der Waals surface area contributed by atoms with Crippen LogP contribution < -0.4 is 14.8 Å². The molecule has 10 nitrogen and oxygen atoms in total. The van der Waals surface area contributed by atoms with Gasteiger partial charge in [0.15, 0.2) is 11.5 Å². The van der Waals surface area contributed by atoms with Gasteiger partial charge in [-0.15, -0.1) is 0 Å². The third kappa shape index (κ3) is 4.68. The summed E-state index contributed by atoms with van der Waals surface area (Å²) in [4.78, 5) is 12.7. The lowest BCUT2D eigenvalue weighted by molar-refractivity contribution is -0.155. The summed E-state index contributed by atoms with van der Waals surface area (Å²) in [6.45, 7) is 5.13. The molecule has 31 heavy (non-hydrogen) atoms. The average Bonchev–Trinajstić information content (AvgIpc) is 3.24. The van der Waals surface area contributed by atoms with Gasteiger partial charge in [-0.3, -0.25) is 4.79 Å². The molecule has 0 spiro atoms. The molecule has 3 rings (SSSR count). The minimum atomic E-state index is -1.44. The number of nitrogens with one attached hydrogen (secondary N) is 1. The number of ether oxygens (including phenoxy) is 4. The monoisotopic (exact) mass is 437 g/mol. The smallest absolute Gasteiger partial charge is 0.247 e. The van der Waals surface area contributed by atoms with E-state index in [1.165, 1.54) is 32.3 Å². The van der Waals surface area contributed by atoms with E-state index in [1.807, 2.05) is 0 Å². The van der Waals surface area contributed by atoms with Crippen LogP contribution in [0, 0.1) is 0 Å². The van der Waals surface area contributed by atoms with Crippen LogP contribution in [0.3, 0.4) is 0 Å². The Morgan fingerprint density at radius 3 is 2.55 bits per heavy atom. The van der Waals surface area contributed by atoms with Crippen molar-refractivity contribution in [3.8, 4) is 17.2 Å². The largest absolute Gasteiger partial charge is 0.504 e. The zero-order valence-corrected chi connectivity index (χ0v) is 17.2. The normalized spacial score (nSPS) is 30.4. The predicted octanol–water partition coefficient (Wildman–Crippen LogP) is -0.309. The highest BCUT2D eigenvalue weighted by atomic mass is 16.7. The Morgan fingerprint density at radius 1 is 1.23 bits per heavy atom. The van der Waals surface area contributed by atoms with Crippen LogP contribution >= 0.6 is 0 Å². The van der Waals surface area contributed by atoms with E-state index < -0.39 is 42.5 Å². The molecule has 1 aliphatic carbocycles. The molecule has 10 heteroatoms. The Balaban J connectivity index is 1.76. The van der Waals surface area contributed by atoms with Crippen molar-refractivity contribution in [2.75, 3.05) is 20.5 Å². The molecule has 2 fully saturated rings. The molecule has 0 aromatic heterocycles. The van der Waals surface area contributed by atoms with Gasteiger partial charge in [-0.1, -0.05) is 12.7 Å². The van der Waals surface area contributed by atoms with E-state index >= 15 is 0 Å². The van der Waals surface area contributed by atoms with Crippen molar-refractivity contribution in [2.45, 2.75) is 43.5 Å². The van der Waals surface area contributed by atoms with Crippen molar-refractivity contribution in [2.24, 2.45) is 0 Å². The first-order valence-corrected chi connectivity index (χ1v) is 9.69. The first kappa shape index (κ1) is 23.0. The van der Waals surface area contributed by atoms with Gasteiger partial charge in [-0.05, 0) is 30.7 Å². The quantitative estimate of drug-likeness (QED) is 0.286. The second-order valence-electron chi connectivity index (χ2n) is 7.35. The first-order valence-electron chi connectivity index (χ1n) is 9.69. The minimum Gasteiger partial charge on any atom is -0.504 e. The zero-order valence-electron chi connectivity index (χ0n) is 17.2. The topological polar surface area (TPSA) is 147 Å². The SMILES string of the molecule is C=CCOc1c(O)cc(/C=C(\C)C(=O)N[C@@H]2[C@H](O)[C@@H](O)[C@H]3OCO[C@H]3[C@@H]2O)cc1OC. The first-order chi connectivity index (χ1) is 14.8. The minimum absolute atomic E-state index is 0.117. The number of aromatic hydroxyl groups is 1. The Morgan fingerprint density at radius 2 is 1.90 bits per heavy atom. The van der Waals surface area contributed by atoms with Gasteiger partial charge in [0, 0.05) is 5.57 Å². The number of amides is 1. The van der Waals surface area contributed by atoms with Gasteiger partial charge in [-0.2, -0.15) is 0 Å². The number of benzene rings is 1. The standard InChI is InChI=1S/C21H27NO9/c1-4-5-29-18-12(23)7-11(8-13(18)28-3)6-10(2)21(27)22-14-15(24)17(26)20-19(16(14)25)30-9-31-20/h4,6-8,14-17,19-20,23-26H,1,5,9H2,2-3H3,(H,22,27)/b10-6+/t14-,15+,16-,17-,19+,20-/m1/s1. The maximum absolute atomic E-state index is 12.7. The lowest BCUT2D eigenvalue weighted by Crippen LogP contribution is -2.67. The Bertz CT molecular complexity index is 855. The summed E-state index contributed by atoms with van der Waals surface area (Å²) in [6.07, 6.45) is -2.76. The van der Waals surface area contributed by atoms with Gasteiger partial charge in [-0.25, -0.2) is 0 Å². The molecule has 0 radical (unpaired) electrons. The van der Waals surface area contributed by atoms with Crippen molar-refractivity contribution in [3.05, 3.63) is 35.9 Å². The summed E-state index contributed by atoms with van der Waals surface area (Å²) < 4.78 is 21.1. The fourth-order valence-electron chi connectivity index (χ4n) is 3.67. The molecule has 1 aromatic rings. The van der Waals surface area contributed by atoms with Crippen LogP contribution in [0.4, 0.5) is 0 Å². The van der Waals surface area contributed by atoms with Crippen LogP contribution in [0.25, 0.3) is 6.08 Å². The van der Waals surface area contributed by atoms with E-state index in [0.717, 1.165) is 0 Å². The van der Waals surface area contributed by atoms with Crippen LogP contribution in [0.5, 0.6) is 17.2 Å². The lowest BCUT2D eigenvalue weighted by Gasteiger charge is -2.41. The van der Waals surface area contributed by atoms with E-state index in [-0.39, 0.29) is 36.2 Å². The Hall–Kier alpha value is -2.63. The molecule has 1 saturated carbocycles. The summed E-state index contributed by atoms with van der Waals surface area (Å²) in [6, 6.07) is 1.82. The number of methoxy groups -OCH3 is 1. The number of aliphatic hydroxyl groups excluding tert-OH is 3. The summed E-state index contributed by atoms with van der Waals surface area (Å²) in [5.41, 5.74) is 0.686. The van der Waals surface area contributed by atoms with Gasteiger partial charge >= 0.3 is 0 Å². The summed E-state index contributed by atoms with van der Waals surface area (Å²) in [5, 5.41) is 43.8. The van der Waals surface area contributed by atoms with Crippen molar-refractivity contribution >= 4 is 12.0 Å². The number of hydrogen-bond acceptors (Lipinski definition) is 9. The zero-order chi connectivity index (χ0) is 22.7. The molecule has 1 aliphatic heterocycles. The van der Waals surface area contributed by atoms with E-state index in [9.17, 15) is 25.2 Å². The predicted molar refractivity (Wildman–Crippen MR) is 109 cm³/mol. The van der Waals surface area contributed by atoms with E-state index in [0.29, 0.717) is 5.56 Å². The molecule has 1 heterocycles. The third-order valence-electron chi connectivity index (χ3n) is 5.27. The number of rotatable bonds is 7.